The molecule has 30 heavy (non-hydrogen) atoms. The lowest BCUT2D eigenvalue weighted by Gasteiger charge is -2.10. The molecule has 0 spiro atoms. The molecule has 1 heterocycles. The summed E-state index contributed by atoms with van der Waals surface area (Å²) in [6.45, 7) is 0. The van der Waals surface area contributed by atoms with E-state index in [-0.39, 0.29) is 17.5 Å². The molecule has 0 unspecified atom stereocenters. The second kappa shape index (κ2) is 10.2. The number of nitrogens with one attached hydrogen (secondary N) is 1. The first kappa shape index (κ1) is 21.1. The minimum Gasteiger partial charge on any atom is -0.477 e. The Bertz CT molecular complexity index is 971. The third-order valence-corrected chi connectivity index (χ3v) is 5.06. The van der Waals surface area contributed by atoms with Gasteiger partial charge in [0.1, 0.15) is 23.1 Å². The van der Waals surface area contributed by atoms with Crippen LogP contribution in [0.25, 0.3) is 6.08 Å². The average Bonchev–Trinajstić information content (AvgIpc) is 3.27. The Hall–Kier alpha value is -3.66. The molecule has 0 saturated heterocycles. The number of nitrogens with zero attached hydrogens (tertiary/aromatic N) is 2. The number of hydrogen-bond donors (Lipinski definition) is 2. The summed E-state index contributed by atoms with van der Waals surface area (Å²) in [5.74, 6) is -0.253. The van der Waals surface area contributed by atoms with Crippen LogP contribution < -0.4 is 10.1 Å². The maximum Gasteiger partial charge on any atom is 0.352 e. The van der Waals surface area contributed by atoms with E-state index in [1.807, 2.05) is 6.07 Å². The molecular formula is C23H23N3O4. The molecule has 7 nitrogen and oxygen atoms in total. The van der Waals surface area contributed by atoms with Crippen LogP contribution >= 0.6 is 0 Å². The molecule has 1 aliphatic carbocycles. The smallest absolute Gasteiger partial charge is 0.352 e. The Morgan fingerprint density at radius 2 is 1.97 bits per heavy atom. The highest BCUT2D eigenvalue weighted by atomic mass is 16.5. The van der Waals surface area contributed by atoms with E-state index in [2.05, 4.69) is 10.3 Å². The maximum atomic E-state index is 12.2. The summed E-state index contributed by atoms with van der Waals surface area (Å²) >= 11 is 0. The van der Waals surface area contributed by atoms with Crippen molar-refractivity contribution in [1.29, 1.82) is 5.26 Å². The Kier molecular flexibility index (Phi) is 7.17. The lowest BCUT2D eigenvalue weighted by atomic mass is 10.0. The number of carboxylic acid groups (broad SMARTS) is 1. The number of carbonyl (C=O) groups is 2. The second-order valence-electron chi connectivity index (χ2n) is 7.24. The highest BCUT2D eigenvalue weighted by molar-refractivity contribution is 5.96. The first-order chi connectivity index (χ1) is 14.5. The molecule has 0 bridgehead atoms. The van der Waals surface area contributed by atoms with Crippen molar-refractivity contribution >= 4 is 18.0 Å². The fraction of sp³-hybridized carbons (Fsp3) is 0.304. The third kappa shape index (κ3) is 5.92. The van der Waals surface area contributed by atoms with Crippen molar-refractivity contribution < 1.29 is 19.4 Å². The molecule has 0 atom stereocenters. The zero-order valence-corrected chi connectivity index (χ0v) is 16.5. The van der Waals surface area contributed by atoms with Crippen LogP contribution in [0.4, 0.5) is 0 Å². The zero-order valence-electron chi connectivity index (χ0n) is 16.5. The summed E-state index contributed by atoms with van der Waals surface area (Å²) in [5, 5.41) is 21.0. The Morgan fingerprint density at radius 1 is 1.23 bits per heavy atom. The fourth-order valence-corrected chi connectivity index (χ4v) is 3.47. The molecule has 0 radical (unpaired) electrons. The van der Waals surface area contributed by atoms with E-state index >= 15 is 0 Å². The van der Waals surface area contributed by atoms with E-state index in [9.17, 15) is 14.7 Å². The van der Waals surface area contributed by atoms with Gasteiger partial charge in [-0.2, -0.15) is 5.26 Å². The van der Waals surface area contributed by atoms with Crippen LogP contribution in [-0.2, 0) is 9.59 Å². The van der Waals surface area contributed by atoms with Gasteiger partial charge in [0.2, 0.25) is 11.8 Å². The van der Waals surface area contributed by atoms with Crippen LogP contribution in [0.3, 0.4) is 0 Å². The Balaban J connectivity index is 1.63. The highest BCUT2D eigenvalue weighted by Gasteiger charge is 2.18. The van der Waals surface area contributed by atoms with E-state index in [0.29, 0.717) is 29.2 Å². The number of carbonyl (C=O) groups excluding carboxylic acids is 1. The van der Waals surface area contributed by atoms with E-state index in [1.54, 1.807) is 36.4 Å². The number of ether oxygens (including phenoxy) is 1. The lowest BCUT2D eigenvalue weighted by molar-refractivity contribution is -0.134. The van der Waals surface area contributed by atoms with Gasteiger partial charge in [0, 0.05) is 12.6 Å². The quantitative estimate of drug-likeness (QED) is 0.635. The molecule has 2 aromatic rings. The van der Waals surface area contributed by atoms with Crippen molar-refractivity contribution in [2.45, 2.75) is 38.5 Å². The average molecular weight is 405 g/mol. The monoisotopic (exact) mass is 405 g/mol. The summed E-state index contributed by atoms with van der Waals surface area (Å²) in [6, 6.07) is 11.9. The van der Waals surface area contributed by atoms with Crippen molar-refractivity contribution in [2.24, 2.45) is 5.92 Å². The van der Waals surface area contributed by atoms with Gasteiger partial charge in [-0.15, -0.1) is 0 Å². The van der Waals surface area contributed by atoms with Gasteiger partial charge in [-0.05, 0) is 48.2 Å². The first-order valence-electron chi connectivity index (χ1n) is 9.93. The molecule has 2 N–H and O–H groups in total. The second-order valence-corrected chi connectivity index (χ2v) is 7.24. The van der Waals surface area contributed by atoms with Gasteiger partial charge in [0.25, 0.3) is 0 Å². The number of carboxylic acids is 1. The fourth-order valence-electron chi connectivity index (χ4n) is 3.47. The van der Waals surface area contributed by atoms with E-state index in [0.717, 1.165) is 19.3 Å². The number of amides is 1. The molecular weight excluding hydrogens is 382 g/mol. The topological polar surface area (TPSA) is 112 Å². The van der Waals surface area contributed by atoms with Crippen LogP contribution in [-0.4, -0.2) is 22.0 Å². The van der Waals surface area contributed by atoms with Gasteiger partial charge >= 0.3 is 5.97 Å². The van der Waals surface area contributed by atoms with E-state index in [1.165, 1.54) is 25.1 Å². The van der Waals surface area contributed by atoms with Gasteiger partial charge in [0.05, 0.1) is 0 Å². The van der Waals surface area contributed by atoms with Gasteiger partial charge in [-0.1, -0.05) is 37.8 Å². The molecule has 1 saturated carbocycles. The normalized spacial score (nSPS) is 14.2. The summed E-state index contributed by atoms with van der Waals surface area (Å²) in [6.07, 6.45) is 8.78. The maximum absolute atomic E-state index is 12.2. The molecule has 0 aliphatic heterocycles. The summed E-state index contributed by atoms with van der Waals surface area (Å²) in [7, 11) is 0. The van der Waals surface area contributed by atoms with Crippen LogP contribution in [0.15, 0.2) is 48.3 Å². The summed E-state index contributed by atoms with van der Waals surface area (Å²) < 4.78 is 5.61. The van der Waals surface area contributed by atoms with Gasteiger partial charge in [-0.3, -0.25) is 4.79 Å². The molecule has 3 rings (SSSR count). The third-order valence-electron chi connectivity index (χ3n) is 5.06. The number of benzene rings is 1. The zero-order chi connectivity index (χ0) is 21.3. The largest absolute Gasteiger partial charge is 0.477 e. The number of pyridine rings is 1. The minimum atomic E-state index is -1.20. The van der Waals surface area contributed by atoms with Gasteiger partial charge in [-0.25, -0.2) is 9.78 Å². The van der Waals surface area contributed by atoms with Crippen LogP contribution in [0, 0.1) is 17.2 Å². The van der Waals surface area contributed by atoms with Crippen molar-refractivity contribution in [2.75, 3.05) is 0 Å². The van der Waals surface area contributed by atoms with Crippen molar-refractivity contribution in [1.82, 2.24) is 10.3 Å². The van der Waals surface area contributed by atoms with Gasteiger partial charge in [0.15, 0.2) is 0 Å². The minimum absolute atomic E-state index is 0.170. The van der Waals surface area contributed by atoms with Crippen molar-refractivity contribution in [3.63, 3.8) is 0 Å². The number of nitriles is 1. The first-order valence-corrected chi connectivity index (χ1v) is 9.93. The van der Waals surface area contributed by atoms with E-state index in [4.69, 9.17) is 10.00 Å². The molecule has 154 valence electrons. The SMILES string of the molecule is N#Cc1cccnc1Oc1ccc(/C=C(\NC(=O)CCC2CCCC2)C(=O)O)cc1. The van der Waals surface area contributed by atoms with Crippen molar-refractivity contribution in [3.8, 4) is 17.7 Å². The molecule has 1 fully saturated rings. The number of aliphatic carboxylic acids is 1. The molecule has 1 aromatic heterocycles. The molecule has 1 aromatic carbocycles. The van der Waals surface area contributed by atoms with Crippen molar-refractivity contribution in [3.05, 3.63) is 59.4 Å². The predicted octanol–water partition coefficient (Wildman–Crippen LogP) is 4.26. The standard InChI is InChI=1S/C23H23N3O4/c24-15-18-6-3-13-25-22(18)30-19-10-7-17(8-11-19)14-20(23(28)29)26-21(27)12-9-16-4-1-2-5-16/h3,6-8,10-11,13-14,16H,1-2,4-5,9,12H2,(H,26,27)(H,28,29)/b20-14-. The molecule has 7 heteroatoms. The Labute approximate surface area is 175 Å². The van der Waals surface area contributed by atoms with Crippen LogP contribution in [0.2, 0.25) is 0 Å². The number of aromatic nitrogens is 1. The number of hydrogen-bond acceptors (Lipinski definition) is 5. The van der Waals surface area contributed by atoms with E-state index < -0.39 is 5.97 Å². The predicted molar refractivity (Wildman–Crippen MR) is 110 cm³/mol. The molecule has 1 aliphatic rings. The van der Waals surface area contributed by atoms with Crippen LogP contribution in [0.5, 0.6) is 11.6 Å². The highest BCUT2D eigenvalue weighted by Crippen LogP contribution is 2.28. The lowest BCUT2D eigenvalue weighted by Crippen LogP contribution is -2.27. The number of rotatable bonds is 8. The van der Waals surface area contributed by atoms with Crippen LogP contribution in [0.1, 0.15) is 49.7 Å². The summed E-state index contributed by atoms with van der Waals surface area (Å²) in [5.41, 5.74) is 0.740. The molecule has 1 amide bonds. The Morgan fingerprint density at radius 3 is 2.63 bits per heavy atom. The summed E-state index contributed by atoms with van der Waals surface area (Å²) in [4.78, 5) is 27.7. The van der Waals surface area contributed by atoms with Gasteiger partial charge < -0.3 is 15.2 Å².